The molecule has 0 spiro atoms. The van der Waals surface area contributed by atoms with Crippen LogP contribution in [-0.4, -0.2) is 208 Å². The van der Waals surface area contributed by atoms with Crippen molar-refractivity contribution in [2.45, 2.75) is 249 Å². The molecule has 0 aliphatic carbocycles. The van der Waals surface area contributed by atoms with Gasteiger partial charge in [-0.25, -0.2) is 0 Å². The highest BCUT2D eigenvalue weighted by atomic mass is 16.5. The third kappa shape index (κ3) is 44.8. The Balaban J connectivity index is 0.000000295. The highest BCUT2D eigenvalue weighted by Gasteiger charge is 2.21. The maximum atomic E-state index is 5.79. The predicted octanol–water partition coefficient (Wildman–Crippen LogP) is 23.3. The molecule has 7 aromatic rings. The number of unbranched alkanes of at least 4 members (excludes halogenated alkanes) is 1. The van der Waals surface area contributed by atoms with Gasteiger partial charge in [0, 0.05) is 58.4 Å². The number of likely N-dealkylation sites (tertiary alicyclic amines) is 2. The van der Waals surface area contributed by atoms with Crippen molar-refractivity contribution in [3.8, 4) is 40.2 Å². The van der Waals surface area contributed by atoms with Gasteiger partial charge in [-0.2, -0.15) is 0 Å². The first-order valence-corrected chi connectivity index (χ1v) is 45.3. The second-order valence-corrected chi connectivity index (χ2v) is 40.2. The lowest BCUT2D eigenvalue weighted by Gasteiger charge is -2.30. The number of morpholine rings is 1. The van der Waals surface area contributed by atoms with E-state index in [0.29, 0.717) is 6.04 Å². The molecule has 14 nitrogen and oxygen atoms in total. The Labute approximate surface area is 734 Å². The molecule has 3 fully saturated rings. The van der Waals surface area contributed by atoms with Gasteiger partial charge >= 0.3 is 0 Å². The standard InChI is InChI=1S/C16H25NO2.C16H25NO.C16H27NO.C15H23NO.C15H25NO.C14H23NO.C14H22O/c1-16(2,3)14-4-6-15(7-5-14)19-13-10-17-8-11-18-12-9-17;1-16(2,3)14-6-8-15(9-7-14)18-13-12-17-10-4-5-11-17;1-13(2)17(6)11-12-18-15-9-7-14(8-10-15)16(3,4)5;1-15(2,3)13-5-7-14(8-6-13)17-12-11-16-9-4-10-16;1-6-16(5)11-12-17-14-9-7-13(8-10-14)15(2,3)4;1-14(2,3)12-6-8-13(9-7-12)16-11-10-15(4)5;1-5-6-11-15-13-9-7-12(8-10-13)14(2,3)4/h4-7H,8-13H2,1-3H3;6-9H,4-5,10-13H2,1-3H3;7-10,13H,11-12H2,1-6H3;5-8H,4,9-12H2,1-3H3;7-10H,6,11-12H2,1-5H3;6-9H,10-11H2,1-5H3;7-10H,5-6,11H2,1-4H3. The minimum absolute atomic E-state index is 0.201. The zero-order valence-corrected chi connectivity index (χ0v) is 81.3. The average molecular weight is 1660 g/mol. The van der Waals surface area contributed by atoms with Gasteiger partial charge in [-0.05, 0) is 262 Å². The first-order chi connectivity index (χ1) is 56.3. The Morgan fingerprint density at radius 1 is 0.292 bits per heavy atom. The van der Waals surface area contributed by atoms with Crippen molar-refractivity contribution in [3.05, 3.63) is 209 Å². The Kier molecular flexibility index (Phi) is 46.6. The van der Waals surface area contributed by atoms with E-state index in [1.54, 1.807) is 0 Å². The second kappa shape index (κ2) is 53.1. The summed E-state index contributed by atoms with van der Waals surface area (Å²) < 4.78 is 45.4. The number of rotatable bonds is 30. The van der Waals surface area contributed by atoms with E-state index >= 15 is 0 Å². The van der Waals surface area contributed by atoms with Gasteiger partial charge in [0.15, 0.2) is 0 Å². The quantitative estimate of drug-likeness (QED) is 0.0400. The van der Waals surface area contributed by atoms with E-state index in [-0.39, 0.29) is 37.9 Å². The molecule has 3 aliphatic rings. The largest absolute Gasteiger partial charge is 0.494 e. The van der Waals surface area contributed by atoms with Gasteiger partial charge in [-0.1, -0.05) is 251 Å². The fourth-order valence-corrected chi connectivity index (χ4v) is 12.4. The van der Waals surface area contributed by atoms with Crippen molar-refractivity contribution in [2.75, 3.05) is 173 Å². The molecule has 672 valence electrons. The number of hydrogen-bond acceptors (Lipinski definition) is 14. The Bertz CT molecular complexity index is 3620. The van der Waals surface area contributed by atoms with E-state index < -0.39 is 0 Å². The summed E-state index contributed by atoms with van der Waals surface area (Å²) in [6.45, 7) is 76.5. The Hall–Kier alpha value is -7.14. The Morgan fingerprint density at radius 2 is 0.517 bits per heavy atom. The first kappa shape index (κ1) is 105. The summed E-state index contributed by atoms with van der Waals surface area (Å²) >= 11 is 0. The van der Waals surface area contributed by atoms with E-state index in [4.69, 9.17) is 37.9 Å². The summed E-state index contributed by atoms with van der Waals surface area (Å²) in [6.07, 6.45) is 6.35. The van der Waals surface area contributed by atoms with Gasteiger partial charge < -0.3 is 52.6 Å². The average Bonchev–Trinajstić information content (AvgIpc) is 1.65. The molecule has 3 aliphatic heterocycles. The number of hydrogen-bond donors (Lipinski definition) is 0. The summed E-state index contributed by atoms with van der Waals surface area (Å²) in [5.74, 6) is 6.79. The maximum Gasteiger partial charge on any atom is 0.119 e. The topological polar surface area (TPSA) is 93.3 Å². The van der Waals surface area contributed by atoms with Crippen molar-refractivity contribution in [1.29, 1.82) is 0 Å². The lowest BCUT2D eigenvalue weighted by Crippen LogP contribution is -2.39. The molecular weight excluding hydrogens is 1490 g/mol. The van der Waals surface area contributed by atoms with Gasteiger partial charge in [0.05, 0.1) is 19.8 Å². The third-order valence-corrected chi connectivity index (χ3v) is 21.8. The first-order valence-electron chi connectivity index (χ1n) is 45.3. The molecule has 0 saturated carbocycles. The fraction of sp³-hybridized carbons (Fsp3) is 0.604. The zero-order chi connectivity index (χ0) is 89.2. The van der Waals surface area contributed by atoms with Crippen LogP contribution in [0.2, 0.25) is 0 Å². The van der Waals surface area contributed by atoms with Crippen LogP contribution in [0.25, 0.3) is 0 Å². The van der Waals surface area contributed by atoms with Crippen molar-refractivity contribution in [3.63, 3.8) is 0 Å². The van der Waals surface area contributed by atoms with Crippen LogP contribution in [-0.2, 0) is 42.6 Å². The van der Waals surface area contributed by atoms with Crippen molar-refractivity contribution in [2.24, 2.45) is 0 Å². The smallest absolute Gasteiger partial charge is 0.119 e. The second-order valence-electron chi connectivity index (χ2n) is 40.2. The van der Waals surface area contributed by atoms with E-state index in [1.165, 1.54) is 90.8 Å². The molecule has 3 saturated heterocycles. The zero-order valence-electron chi connectivity index (χ0n) is 81.3. The lowest BCUT2D eigenvalue weighted by atomic mass is 9.87. The minimum atomic E-state index is 0.201. The normalized spacial score (nSPS) is 14.2. The number of nitrogens with zero attached hydrogens (tertiary/aromatic N) is 6. The van der Waals surface area contributed by atoms with Crippen LogP contribution in [0.15, 0.2) is 170 Å². The lowest BCUT2D eigenvalue weighted by molar-refractivity contribution is 0.0322. The summed E-state index contributed by atoms with van der Waals surface area (Å²) in [7, 11) is 8.32. The van der Waals surface area contributed by atoms with Crippen LogP contribution in [0.3, 0.4) is 0 Å². The third-order valence-electron chi connectivity index (χ3n) is 21.8. The number of likely N-dealkylation sites (N-methyl/N-ethyl adjacent to an activating group) is 3. The molecule has 0 unspecified atom stereocenters. The number of benzene rings is 7. The van der Waals surface area contributed by atoms with Crippen molar-refractivity contribution < 1.29 is 37.9 Å². The van der Waals surface area contributed by atoms with Crippen molar-refractivity contribution in [1.82, 2.24) is 29.4 Å². The monoisotopic (exact) mass is 1660 g/mol. The van der Waals surface area contributed by atoms with Crippen LogP contribution in [0, 0.1) is 0 Å². The predicted molar refractivity (Wildman–Crippen MR) is 513 cm³/mol. The SMILES string of the molecule is CC(C)(C)c1ccc(OCCN2CCC2)cc1.CC(C)(C)c1ccc(OCCN2CCCC2)cc1.CC(C)(C)c1ccc(OCCN2CCOCC2)cc1.CC(C)N(C)CCOc1ccc(C(C)(C)C)cc1.CCCCOc1ccc(C(C)(C)C)cc1.CCN(C)CCOc1ccc(C(C)(C)C)cc1.CN(C)CCOc1ccc(C(C)(C)C)cc1. The number of ether oxygens (including phenoxy) is 8. The van der Waals surface area contributed by atoms with Crippen LogP contribution in [0.5, 0.6) is 40.2 Å². The van der Waals surface area contributed by atoms with E-state index in [1.807, 2.05) is 14.1 Å². The Morgan fingerprint density at radius 3 is 0.733 bits per heavy atom. The molecule has 7 aromatic carbocycles. The van der Waals surface area contributed by atoms with Gasteiger partial charge in [0.25, 0.3) is 0 Å². The summed E-state index contributed by atoms with van der Waals surface area (Å²) in [4.78, 5) is 13.9. The molecule has 120 heavy (non-hydrogen) atoms. The molecule has 14 heteroatoms. The molecular formula is C106H170N6O8. The molecule has 0 aromatic heterocycles. The van der Waals surface area contributed by atoms with Crippen molar-refractivity contribution >= 4 is 0 Å². The van der Waals surface area contributed by atoms with Gasteiger partial charge in [0.2, 0.25) is 0 Å². The fourth-order valence-electron chi connectivity index (χ4n) is 12.4. The molecule has 0 bridgehead atoms. The molecule has 0 amide bonds. The van der Waals surface area contributed by atoms with E-state index in [9.17, 15) is 0 Å². The minimum Gasteiger partial charge on any atom is -0.494 e. The molecule has 0 N–H and O–H groups in total. The van der Waals surface area contributed by atoms with Crippen LogP contribution >= 0.6 is 0 Å². The van der Waals surface area contributed by atoms with E-state index in [2.05, 4.69) is 386 Å². The summed E-state index contributed by atoms with van der Waals surface area (Å²) in [5.41, 5.74) is 10.9. The van der Waals surface area contributed by atoms with E-state index in [0.717, 1.165) is 165 Å². The van der Waals surface area contributed by atoms with Crippen LogP contribution < -0.4 is 33.2 Å². The molecule has 0 atom stereocenters. The van der Waals surface area contributed by atoms with Crippen LogP contribution in [0.1, 0.15) is 244 Å². The summed E-state index contributed by atoms with van der Waals surface area (Å²) in [5, 5.41) is 0. The molecule has 0 radical (unpaired) electrons. The van der Waals surface area contributed by atoms with Gasteiger partial charge in [-0.15, -0.1) is 0 Å². The molecule has 10 rings (SSSR count). The maximum absolute atomic E-state index is 5.79. The molecule has 3 heterocycles. The van der Waals surface area contributed by atoms with Gasteiger partial charge in [0.1, 0.15) is 79.9 Å². The van der Waals surface area contributed by atoms with Crippen LogP contribution in [0.4, 0.5) is 0 Å². The highest BCUT2D eigenvalue weighted by Crippen LogP contribution is 2.31. The highest BCUT2D eigenvalue weighted by molar-refractivity contribution is 5.37. The summed E-state index contributed by atoms with van der Waals surface area (Å²) in [6, 6.07) is 59.7. The van der Waals surface area contributed by atoms with Gasteiger partial charge in [-0.3, -0.25) is 14.7 Å².